The van der Waals surface area contributed by atoms with Crippen LogP contribution < -0.4 is 5.32 Å². The minimum absolute atomic E-state index is 0.00978. The first kappa shape index (κ1) is 15.7. The molecule has 25 heavy (non-hydrogen) atoms. The number of likely N-dealkylation sites (N-methyl/N-ethyl adjacent to an activating group) is 1. The number of hydrogen-bond acceptors (Lipinski definition) is 2. The Bertz CT molecular complexity index is 769. The van der Waals surface area contributed by atoms with E-state index >= 15 is 0 Å². The minimum atomic E-state index is -0.120. The molecular formula is C19H22N4O2. The Labute approximate surface area is 146 Å². The maximum Gasteiger partial charge on any atom is 0.322 e. The molecule has 2 atom stereocenters. The lowest BCUT2D eigenvalue weighted by Gasteiger charge is -2.35. The third-order valence-corrected chi connectivity index (χ3v) is 5.24. The molecule has 0 saturated carbocycles. The van der Waals surface area contributed by atoms with E-state index in [0.29, 0.717) is 13.1 Å². The predicted molar refractivity (Wildman–Crippen MR) is 96.1 cm³/mol. The van der Waals surface area contributed by atoms with Crippen molar-refractivity contribution in [3.63, 3.8) is 0 Å². The summed E-state index contributed by atoms with van der Waals surface area (Å²) in [5, 5.41) is 2.97. The van der Waals surface area contributed by atoms with Crippen molar-refractivity contribution >= 4 is 17.6 Å². The van der Waals surface area contributed by atoms with Gasteiger partial charge in [0.25, 0.3) is 0 Å². The molecule has 3 heterocycles. The molecule has 0 unspecified atom stereocenters. The number of hydrogen-bond donors (Lipinski definition) is 2. The molecule has 0 spiro atoms. The first-order valence-electron chi connectivity index (χ1n) is 8.70. The Kier molecular flexibility index (Phi) is 3.95. The number of aromatic amines is 1. The van der Waals surface area contributed by atoms with Gasteiger partial charge in [-0.25, -0.2) is 4.79 Å². The van der Waals surface area contributed by atoms with Crippen molar-refractivity contribution < 1.29 is 9.59 Å². The van der Waals surface area contributed by atoms with Crippen molar-refractivity contribution in [2.45, 2.75) is 18.9 Å². The standard InChI is InChI=1S/C19H22N4O2/c1-22-12-17-15(18(22)24)4-3-11-23(17)19(25)21-14-8-6-13(7-9-14)16-5-2-10-20-16/h2,5-10,15,17,20H,3-4,11-12H2,1H3,(H,21,25)/t15-,17-/m1/s1. The molecule has 0 aliphatic carbocycles. The van der Waals surface area contributed by atoms with E-state index in [2.05, 4.69) is 10.3 Å². The number of nitrogens with zero attached hydrogens (tertiary/aromatic N) is 2. The molecule has 0 radical (unpaired) electrons. The number of carbonyl (C=O) groups excluding carboxylic acids is 2. The third kappa shape index (κ3) is 2.88. The summed E-state index contributed by atoms with van der Waals surface area (Å²) in [7, 11) is 1.82. The van der Waals surface area contributed by atoms with Crippen LogP contribution >= 0.6 is 0 Å². The van der Waals surface area contributed by atoms with Gasteiger partial charge in [0.15, 0.2) is 0 Å². The summed E-state index contributed by atoms with van der Waals surface area (Å²) in [6, 6.07) is 11.6. The highest BCUT2D eigenvalue weighted by molar-refractivity contribution is 5.91. The third-order valence-electron chi connectivity index (χ3n) is 5.24. The van der Waals surface area contributed by atoms with Gasteiger partial charge in [-0.05, 0) is 42.7 Å². The minimum Gasteiger partial charge on any atom is -0.361 e. The molecule has 2 fully saturated rings. The first-order valence-corrected chi connectivity index (χ1v) is 8.70. The Morgan fingerprint density at radius 3 is 2.76 bits per heavy atom. The van der Waals surface area contributed by atoms with Crippen molar-refractivity contribution in [1.29, 1.82) is 0 Å². The van der Waals surface area contributed by atoms with Crippen LogP contribution in [0.15, 0.2) is 42.6 Å². The van der Waals surface area contributed by atoms with Gasteiger partial charge in [-0.2, -0.15) is 0 Å². The van der Waals surface area contributed by atoms with Crippen molar-refractivity contribution in [3.8, 4) is 11.3 Å². The average Bonchev–Trinajstić information content (AvgIpc) is 3.25. The van der Waals surface area contributed by atoms with Gasteiger partial charge in [0.05, 0.1) is 12.0 Å². The fraction of sp³-hybridized carbons (Fsp3) is 0.368. The molecule has 2 N–H and O–H groups in total. The summed E-state index contributed by atoms with van der Waals surface area (Å²) in [6.07, 6.45) is 3.64. The van der Waals surface area contributed by atoms with E-state index in [4.69, 9.17) is 0 Å². The van der Waals surface area contributed by atoms with Crippen LogP contribution in [0.25, 0.3) is 11.3 Å². The fourth-order valence-corrected chi connectivity index (χ4v) is 3.91. The number of likely N-dealkylation sites (tertiary alicyclic amines) is 2. The molecule has 3 amide bonds. The van der Waals surface area contributed by atoms with Gasteiger partial charge in [0.2, 0.25) is 5.91 Å². The molecule has 6 heteroatoms. The van der Waals surface area contributed by atoms with Gasteiger partial charge in [-0.15, -0.1) is 0 Å². The average molecular weight is 338 g/mol. The zero-order valence-corrected chi connectivity index (χ0v) is 14.2. The van der Waals surface area contributed by atoms with Crippen LogP contribution in [0.3, 0.4) is 0 Å². The topological polar surface area (TPSA) is 68.4 Å². The summed E-state index contributed by atoms with van der Waals surface area (Å²) in [5.41, 5.74) is 2.88. The molecule has 1 aromatic heterocycles. The summed E-state index contributed by atoms with van der Waals surface area (Å²) < 4.78 is 0. The molecule has 2 aromatic rings. The zero-order chi connectivity index (χ0) is 17.4. The van der Waals surface area contributed by atoms with Crippen LogP contribution in [0.4, 0.5) is 10.5 Å². The largest absolute Gasteiger partial charge is 0.361 e. The van der Waals surface area contributed by atoms with Crippen LogP contribution in [0, 0.1) is 5.92 Å². The Hall–Kier alpha value is -2.76. The highest BCUT2D eigenvalue weighted by Gasteiger charge is 2.45. The van der Waals surface area contributed by atoms with E-state index in [1.807, 2.05) is 54.5 Å². The highest BCUT2D eigenvalue weighted by atomic mass is 16.2. The van der Waals surface area contributed by atoms with E-state index in [0.717, 1.165) is 29.8 Å². The second kappa shape index (κ2) is 6.27. The summed E-state index contributed by atoms with van der Waals surface area (Å²) >= 11 is 0. The molecule has 130 valence electrons. The number of fused-ring (bicyclic) bond motifs is 1. The van der Waals surface area contributed by atoms with Crippen LogP contribution in [-0.2, 0) is 4.79 Å². The number of H-pyrrole nitrogens is 1. The van der Waals surface area contributed by atoms with E-state index in [-0.39, 0.29) is 23.9 Å². The second-order valence-electron chi connectivity index (χ2n) is 6.82. The molecule has 2 saturated heterocycles. The molecule has 2 aliphatic rings. The second-order valence-corrected chi connectivity index (χ2v) is 6.82. The molecular weight excluding hydrogens is 316 g/mol. The number of urea groups is 1. The van der Waals surface area contributed by atoms with E-state index < -0.39 is 0 Å². The van der Waals surface area contributed by atoms with Crippen LogP contribution in [-0.4, -0.2) is 52.9 Å². The lowest BCUT2D eigenvalue weighted by Crippen LogP contribution is -2.50. The Morgan fingerprint density at radius 1 is 1.24 bits per heavy atom. The van der Waals surface area contributed by atoms with Gasteiger partial charge >= 0.3 is 6.03 Å². The number of aromatic nitrogens is 1. The monoisotopic (exact) mass is 338 g/mol. The maximum absolute atomic E-state index is 12.7. The van der Waals surface area contributed by atoms with Crippen molar-refractivity contribution in [1.82, 2.24) is 14.8 Å². The maximum atomic E-state index is 12.7. The zero-order valence-electron chi connectivity index (χ0n) is 14.2. The van der Waals surface area contributed by atoms with Gasteiger partial charge < -0.3 is 20.1 Å². The van der Waals surface area contributed by atoms with E-state index in [9.17, 15) is 9.59 Å². The van der Waals surface area contributed by atoms with Crippen molar-refractivity contribution in [2.24, 2.45) is 5.92 Å². The van der Waals surface area contributed by atoms with Gasteiger partial charge in [-0.1, -0.05) is 12.1 Å². The van der Waals surface area contributed by atoms with E-state index in [1.54, 1.807) is 4.90 Å². The number of rotatable bonds is 2. The Morgan fingerprint density at radius 2 is 2.04 bits per heavy atom. The van der Waals surface area contributed by atoms with E-state index in [1.165, 1.54) is 0 Å². The van der Waals surface area contributed by atoms with Crippen LogP contribution in [0.2, 0.25) is 0 Å². The molecule has 0 bridgehead atoms. The molecule has 2 aliphatic heterocycles. The quantitative estimate of drug-likeness (QED) is 0.884. The van der Waals surface area contributed by atoms with Crippen molar-refractivity contribution in [3.05, 3.63) is 42.6 Å². The number of piperidine rings is 1. The first-order chi connectivity index (χ1) is 12.1. The predicted octanol–water partition coefficient (Wildman–Crippen LogP) is 2.77. The number of benzene rings is 1. The van der Waals surface area contributed by atoms with Crippen LogP contribution in [0.5, 0.6) is 0 Å². The lowest BCUT2D eigenvalue weighted by molar-refractivity contribution is -0.130. The van der Waals surface area contributed by atoms with Gasteiger partial charge in [-0.3, -0.25) is 4.79 Å². The summed E-state index contributed by atoms with van der Waals surface area (Å²) in [6.45, 7) is 1.33. The molecule has 1 aromatic carbocycles. The number of amides is 3. The van der Waals surface area contributed by atoms with Crippen molar-refractivity contribution in [2.75, 3.05) is 25.5 Å². The number of anilines is 1. The molecule has 4 rings (SSSR count). The Balaban J connectivity index is 1.45. The van der Waals surface area contributed by atoms with Gasteiger partial charge in [0, 0.05) is 37.7 Å². The smallest absolute Gasteiger partial charge is 0.322 e. The van der Waals surface area contributed by atoms with Crippen LogP contribution in [0.1, 0.15) is 12.8 Å². The summed E-state index contributed by atoms with van der Waals surface area (Å²) in [5.74, 6) is 0.123. The highest BCUT2D eigenvalue weighted by Crippen LogP contribution is 2.31. The SMILES string of the molecule is CN1C[C@@H]2[C@@H](CCCN2C(=O)Nc2ccc(-c3ccc[nH]3)cc2)C1=O. The number of carbonyl (C=O) groups is 2. The lowest BCUT2D eigenvalue weighted by atomic mass is 9.92. The summed E-state index contributed by atoms with van der Waals surface area (Å²) in [4.78, 5) is 31.6. The fourth-order valence-electron chi connectivity index (χ4n) is 3.91. The van der Waals surface area contributed by atoms with Gasteiger partial charge in [0.1, 0.15) is 0 Å². The molecule has 6 nitrogen and oxygen atoms in total. The number of nitrogens with one attached hydrogen (secondary N) is 2. The normalized spacial score (nSPS) is 22.8.